The van der Waals surface area contributed by atoms with Gasteiger partial charge in [-0.1, -0.05) is 6.07 Å². The molecule has 0 radical (unpaired) electrons. The van der Waals surface area contributed by atoms with Gasteiger partial charge < -0.3 is 15.8 Å². The molecule has 0 saturated heterocycles. The van der Waals surface area contributed by atoms with Crippen LogP contribution in [0.15, 0.2) is 6.07 Å². The van der Waals surface area contributed by atoms with Crippen LogP contribution in [0.25, 0.3) is 0 Å². The topological polar surface area (TPSA) is 64.3 Å². The first-order chi connectivity index (χ1) is 8.52. The van der Waals surface area contributed by atoms with Crippen LogP contribution in [0.5, 0.6) is 5.75 Å². The van der Waals surface area contributed by atoms with Gasteiger partial charge in [0.15, 0.2) is 0 Å². The number of fused-ring (bicyclic) bond motifs is 3. The molecule has 0 saturated carbocycles. The lowest BCUT2D eigenvalue weighted by molar-refractivity contribution is -0.116. The molecule has 104 valence electrons. The number of hydrogen-bond donors (Lipinski definition) is 2. The number of carbonyl (C=O) groups excluding carboxylic acids is 1. The number of aryl methyl sites for hydroxylation is 1. The lowest BCUT2D eigenvalue weighted by atomic mass is 9.93. The third-order valence-corrected chi connectivity index (χ3v) is 3.86. The van der Waals surface area contributed by atoms with Gasteiger partial charge in [-0.05, 0) is 31.4 Å². The normalized spacial score (nSPS) is 23.8. The van der Waals surface area contributed by atoms with Gasteiger partial charge in [0, 0.05) is 24.9 Å². The average Bonchev–Trinajstić information content (AvgIpc) is 2.67. The highest BCUT2D eigenvalue weighted by molar-refractivity contribution is 5.95. The van der Waals surface area contributed by atoms with Gasteiger partial charge in [0.05, 0.1) is 5.69 Å². The summed E-state index contributed by atoms with van der Waals surface area (Å²) in [4.78, 5) is 11.5. The maximum atomic E-state index is 11.5. The molecular weight excluding hydrogens is 264 g/mol. The SMILES string of the molecule is Cc1cc2c(c3c1NC(=O)CC3)OC(C)(CN)C2.Cl. The molecule has 0 aromatic heterocycles. The molecule has 0 spiro atoms. The van der Waals surface area contributed by atoms with E-state index < -0.39 is 0 Å². The van der Waals surface area contributed by atoms with Crippen molar-refractivity contribution in [2.75, 3.05) is 11.9 Å². The fraction of sp³-hybridized carbons (Fsp3) is 0.500. The van der Waals surface area contributed by atoms with Crippen molar-refractivity contribution in [1.29, 1.82) is 0 Å². The maximum absolute atomic E-state index is 11.5. The van der Waals surface area contributed by atoms with E-state index in [0.717, 1.165) is 35.4 Å². The molecule has 3 N–H and O–H groups in total. The van der Waals surface area contributed by atoms with Gasteiger partial charge in [-0.15, -0.1) is 12.4 Å². The fourth-order valence-electron chi connectivity index (χ4n) is 2.86. The zero-order valence-corrected chi connectivity index (χ0v) is 12.0. The van der Waals surface area contributed by atoms with Gasteiger partial charge in [0.1, 0.15) is 11.4 Å². The van der Waals surface area contributed by atoms with E-state index in [0.29, 0.717) is 13.0 Å². The summed E-state index contributed by atoms with van der Waals surface area (Å²) in [7, 11) is 0. The number of carbonyl (C=O) groups is 1. The van der Waals surface area contributed by atoms with Crippen LogP contribution in [0.3, 0.4) is 0 Å². The van der Waals surface area contributed by atoms with Crippen LogP contribution in [0, 0.1) is 6.92 Å². The Bertz CT molecular complexity index is 545. The summed E-state index contributed by atoms with van der Waals surface area (Å²) in [5.41, 5.74) is 9.90. The summed E-state index contributed by atoms with van der Waals surface area (Å²) in [6.45, 7) is 4.57. The van der Waals surface area contributed by atoms with Crippen LogP contribution in [0.2, 0.25) is 0 Å². The molecule has 0 bridgehead atoms. The number of halogens is 1. The minimum absolute atomic E-state index is 0. The molecule has 1 aromatic carbocycles. The zero-order chi connectivity index (χ0) is 12.9. The monoisotopic (exact) mass is 282 g/mol. The number of benzene rings is 1. The van der Waals surface area contributed by atoms with Crippen LogP contribution in [-0.4, -0.2) is 18.1 Å². The van der Waals surface area contributed by atoms with Crippen LogP contribution < -0.4 is 15.8 Å². The van der Waals surface area contributed by atoms with E-state index in [1.54, 1.807) is 0 Å². The summed E-state index contributed by atoms with van der Waals surface area (Å²) < 4.78 is 6.06. The third kappa shape index (κ3) is 2.19. The van der Waals surface area contributed by atoms with Gasteiger partial charge in [-0.2, -0.15) is 0 Å². The number of nitrogens with one attached hydrogen (secondary N) is 1. The lowest BCUT2D eigenvalue weighted by Crippen LogP contribution is -2.39. The van der Waals surface area contributed by atoms with Crippen molar-refractivity contribution in [2.24, 2.45) is 5.73 Å². The first kappa shape index (κ1) is 14.2. The van der Waals surface area contributed by atoms with E-state index in [1.807, 2.05) is 13.8 Å². The van der Waals surface area contributed by atoms with E-state index in [-0.39, 0.29) is 23.9 Å². The van der Waals surface area contributed by atoms with Crippen molar-refractivity contribution in [2.45, 2.75) is 38.7 Å². The molecule has 1 atom stereocenters. The Labute approximate surface area is 119 Å². The molecule has 3 rings (SSSR count). The van der Waals surface area contributed by atoms with Crippen molar-refractivity contribution < 1.29 is 9.53 Å². The summed E-state index contributed by atoms with van der Waals surface area (Å²) in [6, 6.07) is 2.11. The molecule has 1 unspecified atom stereocenters. The highest BCUT2D eigenvalue weighted by atomic mass is 35.5. The van der Waals surface area contributed by atoms with Crippen molar-refractivity contribution in [3.8, 4) is 5.75 Å². The standard InChI is InChI=1S/C14H18N2O2.ClH/c1-8-5-9-6-14(2,7-15)18-13(9)10-3-4-11(17)16-12(8)10;/h5H,3-4,6-7,15H2,1-2H3,(H,16,17);1H. The minimum atomic E-state index is -0.300. The third-order valence-electron chi connectivity index (χ3n) is 3.86. The predicted octanol–water partition coefficient (Wildman–Crippen LogP) is 1.95. The van der Waals surface area contributed by atoms with E-state index in [9.17, 15) is 4.79 Å². The van der Waals surface area contributed by atoms with Gasteiger partial charge in [-0.3, -0.25) is 4.79 Å². The number of hydrogen-bond acceptors (Lipinski definition) is 3. The van der Waals surface area contributed by atoms with Crippen molar-refractivity contribution in [3.05, 3.63) is 22.8 Å². The Hall–Kier alpha value is -1.26. The first-order valence-corrected chi connectivity index (χ1v) is 6.37. The van der Waals surface area contributed by atoms with Gasteiger partial charge in [0.2, 0.25) is 5.91 Å². The molecule has 0 aliphatic carbocycles. The van der Waals surface area contributed by atoms with E-state index >= 15 is 0 Å². The number of nitrogens with two attached hydrogens (primary N) is 1. The summed E-state index contributed by atoms with van der Waals surface area (Å²) >= 11 is 0. The van der Waals surface area contributed by atoms with Gasteiger partial charge in [-0.25, -0.2) is 0 Å². The molecule has 5 heteroatoms. The number of rotatable bonds is 1. The Morgan fingerprint density at radius 2 is 2.21 bits per heavy atom. The van der Waals surface area contributed by atoms with Crippen molar-refractivity contribution >= 4 is 24.0 Å². The molecule has 1 amide bonds. The van der Waals surface area contributed by atoms with Crippen LogP contribution >= 0.6 is 12.4 Å². The minimum Gasteiger partial charge on any atom is -0.485 e. The second kappa shape index (κ2) is 4.69. The molecule has 4 nitrogen and oxygen atoms in total. The molecule has 2 heterocycles. The molecular formula is C14H19ClN2O2. The van der Waals surface area contributed by atoms with Crippen molar-refractivity contribution in [1.82, 2.24) is 0 Å². The predicted molar refractivity (Wildman–Crippen MR) is 77.2 cm³/mol. The van der Waals surface area contributed by atoms with Crippen LogP contribution in [0.1, 0.15) is 30.0 Å². The Balaban J connectivity index is 0.00000133. The fourth-order valence-corrected chi connectivity index (χ4v) is 2.86. The van der Waals surface area contributed by atoms with E-state index in [2.05, 4.69) is 11.4 Å². The van der Waals surface area contributed by atoms with E-state index in [1.165, 1.54) is 5.56 Å². The molecule has 0 fully saturated rings. The zero-order valence-electron chi connectivity index (χ0n) is 11.2. The smallest absolute Gasteiger partial charge is 0.224 e. The number of amides is 1. The highest BCUT2D eigenvalue weighted by Gasteiger charge is 2.37. The maximum Gasteiger partial charge on any atom is 0.224 e. The van der Waals surface area contributed by atoms with E-state index in [4.69, 9.17) is 10.5 Å². The van der Waals surface area contributed by atoms with Crippen LogP contribution in [-0.2, 0) is 17.6 Å². The summed E-state index contributed by atoms with van der Waals surface area (Å²) in [6.07, 6.45) is 2.14. The van der Waals surface area contributed by atoms with Crippen LogP contribution in [0.4, 0.5) is 5.69 Å². The lowest BCUT2D eigenvalue weighted by Gasteiger charge is -2.24. The molecule has 2 aliphatic heterocycles. The van der Waals surface area contributed by atoms with Crippen molar-refractivity contribution in [3.63, 3.8) is 0 Å². The molecule has 19 heavy (non-hydrogen) atoms. The second-order valence-electron chi connectivity index (χ2n) is 5.52. The first-order valence-electron chi connectivity index (χ1n) is 6.37. The van der Waals surface area contributed by atoms with Gasteiger partial charge in [0.25, 0.3) is 0 Å². The van der Waals surface area contributed by atoms with Gasteiger partial charge >= 0.3 is 0 Å². The number of ether oxygens (including phenoxy) is 1. The Morgan fingerprint density at radius 3 is 2.89 bits per heavy atom. The molecule has 1 aromatic rings. The summed E-state index contributed by atoms with van der Waals surface area (Å²) in [5, 5.41) is 2.95. The summed E-state index contributed by atoms with van der Waals surface area (Å²) in [5.74, 6) is 1.04. The quantitative estimate of drug-likeness (QED) is 0.827. The highest BCUT2D eigenvalue weighted by Crippen LogP contribution is 2.44. The Kier molecular flexibility index (Phi) is 3.49. The second-order valence-corrected chi connectivity index (χ2v) is 5.52. The molecule has 2 aliphatic rings. The largest absolute Gasteiger partial charge is 0.485 e. The average molecular weight is 283 g/mol. The number of anilines is 1. The Morgan fingerprint density at radius 1 is 1.47 bits per heavy atom.